The van der Waals surface area contributed by atoms with E-state index in [1.165, 1.54) is 18.4 Å². The zero-order valence-electron chi connectivity index (χ0n) is 15.2. The van der Waals surface area contributed by atoms with E-state index in [9.17, 15) is 0 Å². The first-order chi connectivity index (χ1) is 12.9. The molecule has 2 aromatic heterocycles. The van der Waals surface area contributed by atoms with Crippen molar-refractivity contribution in [3.63, 3.8) is 0 Å². The Morgan fingerprint density at radius 3 is 2.81 bits per heavy atom. The van der Waals surface area contributed by atoms with Crippen LogP contribution in [-0.2, 0) is 6.42 Å². The second kappa shape index (κ2) is 7.00. The van der Waals surface area contributed by atoms with E-state index in [0.29, 0.717) is 15.9 Å². The second-order valence-corrected chi connectivity index (χ2v) is 10.6. The van der Waals surface area contributed by atoms with Crippen molar-refractivity contribution in [2.24, 2.45) is 0 Å². The summed E-state index contributed by atoms with van der Waals surface area (Å²) in [6.45, 7) is 2.13. The van der Waals surface area contributed by atoms with Crippen molar-refractivity contribution in [1.29, 1.82) is 0 Å². The number of nitrogens with one attached hydrogen (secondary N) is 2. The first-order valence-corrected chi connectivity index (χ1v) is 11.7. The number of imidazole rings is 1. The Bertz CT molecular complexity index is 1110. The fourth-order valence-corrected chi connectivity index (χ4v) is 5.49. The molecule has 1 aromatic carbocycles. The summed E-state index contributed by atoms with van der Waals surface area (Å²) in [6.07, 6.45) is 8.91. The smallest absolute Gasteiger partial charge is 0.157 e. The van der Waals surface area contributed by atoms with Gasteiger partial charge in [-0.05, 0) is 43.0 Å². The van der Waals surface area contributed by atoms with Crippen LogP contribution in [0.5, 0.6) is 0 Å². The monoisotopic (exact) mass is 418 g/mol. The zero-order valence-corrected chi connectivity index (χ0v) is 17.7. The minimum absolute atomic E-state index is 0.553. The minimum atomic E-state index is -1.44. The van der Waals surface area contributed by atoms with E-state index in [1.807, 2.05) is 28.9 Å². The van der Waals surface area contributed by atoms with Gasteiger partial charge in [-0.3, -0.25) is 0 Å². The van der Waals surface area contributed by atoms with Crippen molar-refractivity contribution < 1.29 is 0 Å². The maximum Gasteiger partial charge on any atom is 0.157 e. The predicted octanol–water partition coefficient (Wildman–Crippen LogP) is 5.74. The maximum absolute atomic E-state index is 6.76. The lowest BCUT2D eigenvalue weighted by molar-refractivity contribution is 1.12. The molecule has 0 amide bonds. The Kier molecular flexibility index (Phi) is 4.82. The highest BCUT2D eigenvalue weighted by atomic mass is 35.5. The molecule has 27 heavy (non-hydrogen) atoms. The number of anilines is 3. The number of hydrogen-bond acceptors (Lipinski definition) is 4. The molecule has 7 heteroatoms. The van der Waals surface area contributed by atoms with E-state index in [0.717, 1.165) is 28.4 Å². The van der Waals surface area contributed by atoms with Crippen molar-refractivity contribution >= 4 is 68.1 Å². The van der Waals surface area contributed by atoms with Gasteiger partial charge >= 0.3 is 0 Å². The van der Waals surface area contributed by atoms with Crippen LogP contribution in [0.2, 0.25) is 5.02 Å². The summed E-state index contributed by atoms with van der Waals surface area (Å²) in [4.78, 5) is 5.33. The number of benzene rings is 1. The molecule has 0 bridgehead atoms. The van der Waals surface area contributed by atoms with Gasteiger partial charge < -0.3 is 14.4 Å². The first kappa shape index (κ1) is 18.6. The molecule has 1 aliphatic rings. The largest absolute Gasteiger partial charge is 0.352 e. The normalized spacial score (nSPS) is 14.5. The number of thiol groups is 1. The molecule has 1 fully saturated rings. The predicted molar refractivity (Wildman–Crippen MR) is 125 cm³/mol. The molecule has 0 radical (unpaired) electrons. The number of rotatable bonds is 6. The van der Waals surface area contributed by atoms with Crippen molar-refractivity contribution in [2.45, 2.75) is 36.3 Å². The summed E-state index contributed by atoms with van der Waals surface area (Å²) >= 11 is 11.2. The molecule has 0 aliphatic heterocycles. The van der Waals surface area contributed by atoms with Crippen LogP contribution in [0, 0.1) is 0 Å². The average Bonchev–Trinajstić information content (AvgIpc) is 3.39. The lowest BCUT2D eigenvalue weighted by Gasteiger charge is -2.22. The highest BCUT2D eigenvalue weighted by Gasteiger charge is 2.27. The zero-order chi connectivity index (χ0) is 19.2. The van der Waals surface area contributed by atoms with Gasteiger partial charge in [0.25, 0.3) is 0 Å². The third-order valence-corrected chi connectivity index (χ3v) is 7.84. The van der Waals surface area contributed by atoms with Crippen LogP contribution in [0.3, 0.4) is 0 Å². The molecule has 0 atom stereocenters. The first-order valence-electron chi connectivity index (χ1n) is 8.89. The third-order valence-electron chi connectivity index (χ3n) is 4.83. The molecule has 2 N–H and O–H groups in total. The van der Waals surface area contributed by atoms with E-state index in [-0.39, 0.29) is 0 Å². The molecule has 0 spiro atoms. The van der Waals surface area contributed by atoms with Crippen LogP contribution < -0.4 is 10.0 Å². The molecule has 142 valence electrons. The Hall–Kier alpha value is -1.76. The van der Waals surface area contributed by atoms with Gasteiger partial charge in [-0.1, -0.05) is 30.3 Å². The fourth-order valence-electron chi connectivity index (χ4n) is 3.17. The summed E-state index contributed by atoms with van der Waals surface area (Å²) in [6, 6.07) is 6.08. The molecule has 4 nitrogen and oxygen atoms in total. The van der Waals surface area contributed by atoms with E-state index < -0.39 is 9.39 Å². The van der Waals surface area contributed by atoms with Gasteiger partial charge in [0, 0.05) is 34.4 Å². The van der Waals surface area contributed by atoms with Gasteiger partial charge in [-0.2, -0.15) is 0 Å². The number of fused-ring (bicyclic) bond motifs is 1. The molecule has 1 saturated carbocycles. The quantitative estimate of drug-likeness (QED) is 0.353. The van der Waals surface area contributed by atoms with E-state index >= 15 is 0 Å². The average molecular weight is 419 g/mol. The lowest BCUT2D eigenvalue weighted by atomic mass is 10.1. The summed E-state index contributed by atoms with van der Waals surface area (Å²) in [7, 11) is -1.44. The standard InChI is InChI=1S/C20H23ClN4S2/c1-4-13-11-14(26)5-8-16(13)23-19-17(24-27(2,3)15-6-7-15)12-25-10-9-22-20(25)18(19)21/h5,8-12,15,23-24,26H,2-4,6-7H2,1H3. The molecule has 2 heterocycles. The van der Waals surface area contributed by atoms with Crippen LogP contribution in [0.15, 0.2) is 41.7 Å². The van der Waals surface area contributed by atoms with Gasteiger partial charge in [0.05, 0.1) is 11.4 Å². The van der Waals surface area contributed by atoms with Crippen LogP contribution in [0.4, 0.5) is 17.1 Å². The van der Waals surface area contributed by atoms with Gasteiger partial charge in [0.15, 0.2) is 5.65 Å². The van der Waals surface area contributed by atoms with Crippen LogP contribution in [0.25, 0.3) is 5.65 Å². The van der Waals surface area contributed by atoms with Crippen molar-refractivity contribution in [3.8, 4) is 0 Å². The Morgan fingerprint density at radius 1 is 1.33 bits per heavy atom. The Morgan fingerprint density at radius 2 is 2.11 bits per heavy atom. The van der Waals surface area contributed by atoms with Crippen molar-refractivity contribution in [2.75, 3.05) is 10.0 Å². The van der Waals surface area contributed by atoms with Gasteiger partial charge in [0.1, 0.15) is 5.02 Å². The highest BCUT2D eigenvalue weighted by molar-refractivity contribution is 8.29. The van der Waals surface area contributed by atoms with Crippen LogP contribution >= 0.6 is 33.6 Å². The third kappa shape index (κ3) is 3.66. The van der Waals surface area contributed by atoms with Crippen molar-refractivity contribution in [3.05, 3.63) is 47.4 Å². The number of pyridine rings is 1. The topological polar surface area (TPSA) is 41.4 Å². The highest BCUT2D eigenvalue weighted by Crippen LogP contribution is 2.46. The number of aryl methyl sites for hydroxylation is 1. The summed E-state index contributed by atoms with van der Waals surface area (Å²) in [5.74, 6) is 8.75. The van der Waals surface area contributed by atoms with E-state index in [2.05, 4.69) is 52.4 Å². The minimum Gasteiger partial charge on any atom is -0.352 e. The molecule has 4 rings (SSSR count). The maximum atomic E-state index is 6.76. The number of nitrogens with zero attached hydrogens (tertiary/aromatic N) is 2. The number of halogens is 1. The van der Waals surface area contributed by atoms with Crippen LogP contribution in [0.1, 0.15) is 25.3 Å². The molecular weight excluding hydrogens is 396 g/mol. The van der Waals surface area contributed by atoms with Gasteiger partial charge in [-0.15, -0.1) is 22.0 Å². The Labute approximate surface area is 171 Å². The fraction of sp³-hybridized carbons (Fsp3) is 0.250. The summed E-state index contributed by atoms with van der Waals surface area (Å²) in [5.41, 5.74) is 4.61. The van der Waals surface area contributed by atoms with Crippen molar-refractivity contribution in [1.82, 2.24) is 9.38 Å². The molecular formula is C20H23ClN4S2. The second-order valence-electron chi connectivity index (χ2n) is 6.96. The molecule has 0 saturated heterocycles. The summed E-state index contributed by atoms with van der Waals surface area (Å²) < 4.78 is 5.52. The molecule has 1 aliphatic carbocycles. The van der Waals surface area contributed by atoms with Gasteiger partial charge in [0.2, 0.25) is 0 Å². The Balaban J connectivity index is 1.82. The van der Waals surface area contributed by atoms with Gasteiger partial charge in [-0.25, -0.2) is 4.98 Å². The van der Waals surface area contributed by atoms with Crippen LogP contribution in [-0.4, -0.2) is 26.4 Å². The SMILES string of the molecule is C=S(=C)(Nc1cn2ccnc2c(Cl)c1Nc1ccc(S)cc1CC)C1CC1. The number of aromatic nitrogens is 2. The lowest BCUT2D eigenvalue weighted by Crippen LogP contribution is -2.06. The van der Waals surface area contributed by atoms with E-state index in [4.69, 9.17) is 11.6 Å². The summed E-state index contributed by atoms with van der Waals surface area (Å²) in [5, 5.41) is 4.66. The van der Waals surface area contributed by atoms with E-state index in [1.54, 1.807) is 6.20 Å². The number of hydrogen-bond donors (Lipinski definition) is 3. The molecule has 0 unspecified atom stereocenters. The molecule has 3 aromatic rings.